The highest BCUT2D eigenvalue weighted by molar-refractivity contribution is 5.93. The quantitative estimate of drug-likeness (QED) is 0.712. The predicted octanol–water partition coefficient (Wildman–Crippen LogP) is 4.09. The van der Waals surface area contributed by atoms with Crippen LogP contribution in [0.3, 0.4) is 0 Å². The first-order valence-corrected chi connectivity index (χ1v) is 7.83. The van der Waals surface area contributed by atoms with Gasteiger partial charge < -0.3 is 9.47 Å². The lowest BCUT2D eigenvalue weighted by Gasteiger charge is -2.19. The lowest BCUT2D eigenvalue weighted by atomic mass is 10.0. The van der Waals surface area contributed by atoms with E-state index in [1.54, 1.807) is 24.3 Å². The van der Waals surface area contributed by atoms with Gasteiger partial charge in [-0.05, 0) is 42.5 Å². The molecule has 1 atom stereocenters. The van der Waals surface area contributed by atoms with E-state index >= 15 is 0 Å². The van der Waals surface area contributed by atoms with Gasteiger partial charge in [0.1, 0.15) is 6.10 Å². The monoisotopic (exact) mass is 306 g/mol. The highest BCUT2D eigenvalue weighted by Gasteiger charge is 2.18. The molecule has 0 N–H and O–H groups in total. The van der Waals surface area contributed by atoms with Crippen LogP contribution in [0.25, 0.3) is 0 Å². The summed E-state index contributed by atoms with van der Waals surface area (Å²) < 4.78 is 10.6. The van der Waals surface area contributed by atoms with E-state index in [0.717, 1.165) is 6.42 Å². The Balaban J connectivity index is 2.67. The number of hydrogen-bond donors (Lipinski definition) is 0. The standard InChI is InChI=1S/C18H26O4/c1-6-16(13(4)5)22-18(20)15-9-7-14(8-10-15)17(19)21-11-12(2)3/h7-10,12-13,16H,6,11H2,1-5H3. The van der Waals surface area contributed by atoms with Gasteiger partial charge in [0.15, 0.2) is 0 Å². The Morgan fingerprint density at radius 3 is 1.86 bits per heavy atom. The number of esters is 2. The molecule has 0 aromatic heterocycles. The molecule has 0 fully saturated rings. The minimum absolute atomic E-state index is 0.0943. The van der Waals surface area contributed by atoms with Gasteiger partial charge in [-0.3, -0.25) is 0 Å². The topological polar surface area (TPSA) is 52.6 Å². The average Bonchev–Trinajstić information content (AvgIpc) is 2.49. The van der Waals surface area contributed by atoms with Crippen LogP contribution in [0.5, 0.6) is 0 Å². The van der Waals surface area contributed by atoms with Crippen molar-refractivity contribution in [2.24, 2.45) is 11.8 Å². The third-order valence-electron chi connectivity index (χ3n) is 3.31. The van der Waals surface area contributed by atoms with Crippen molar-refractivity contribution in [3.05, 3.63) is 35.4 Å². The van der Waals surface area contributed by atoms with Gasteiger partial charge in [-0.25, -0.2) is 9.59 Å². The molecule has 4 nitrogen and oxygen atoms in total. The molecule has 0 spiro atoms. The van der Waals surface area contributed by atoms with E-state index in [4.69, 9.17) is 9.47 Å². The number of carbonyl (C=O) groups excluding carboxylic acids is 2. The van der Waals surface area contributed by atoms with Crippen LogP contribution in [0.15, 0.2) is 24.3 Å². The van der Waals surface area contributed by atoms with Crippen molar-refractivity contribution >= 4 is 11.9 Å². The molecular weight excluding hydrogens is 280 g/mol. The molecule has 0 heterocycles. The number of rotatable bonds is 7. The van der Waals surface area contributed by atoms with Gasteiger partial charge in [0.05, 0.1) is 17.7 Å². The Morgan fingerprint density at radius 2 is 1.45 bits per heavy atom. The summed E-state index contributed by atoms with van der Waals surface area (Å²) in [5.74, 6) is -0.163. The van der Waals surface area contributed by atoms with Crippen LogP contribution < -0.4 is 0 Å². The van der Waals surface area contributed by atoms with E-state index in [9.17, 15) is 9.59 Å². The summed E-state index contributed by atoms with van der Waals surface area (Å²) in [6.45, 7) is 10.4. The van der Waals surface area contributed by atoms with E-state index < -0.39 is 0 Å². The van der Waals surface area contributed by atoms with Crippen LogP contribution in [-0.2, 0) is 9.47 Å². The van der Waals surface area contributed by atoms with Crippen LogP contribution in [0.1, 0.15) is 61.8 Å². The second-order valence-corrected chi connectivity index (χ2v) is 6.17. The van der Waals surface area contributed by atoms with Gasteiger partial charge in [-0.2, -0.15) is 0 Å². The predicted molar refractivity (Wildman–Crippen MR) is 85.9 cm³/mol. The van der Waals surface area contributed by atoms with E-state index in [-0.39, 0.29) is 24.0 Å². The van der Waals surface area contributed by atoms with E-state index in [0.29, 0.717) is 23.7 Å². The number of ether oxygens (including phenoxy) is 2. The molecule has 0 aliphatic heterocycles. The van der Waals surface area contributed by atoms with Crippen molar-refractivity contribution in [3.63, 3.8) is 0 Å². The minimum Gasteiger partial charge on any atom is -0.462 e. The summed E-state index contributed by atoms with van der Waals surface area (Å²) in [7, 11) is 0. The van der Waals surface area contributed by atoms with Gasteiger partial charge in [-0.15, -0.1) is 0 Å². The molecule has 0 radical (unpaired) electrons. The molecule has 122 valence electrons. The van der Waals surface area contributed by atoms with Crippen LogP contribution in [0.2, 0.25) is 0 Å². The van der Waals surface area contributed by atoms with E-state index in [2.05, 4.69) is 0 Å². The van der Waals surface area contributed by atoms with Crippen LogP contribution in [0, 0.1) is 11.8 Å². The van der Waals surface area contributed by atoms with E-state index in [1.807, 2.05) is 34.6 Å². The maximum absolute atomic E-state index is 12.1. The summed E-state index contributed by atoms with van der Waals surface area (Å²) in [4.78, 5) is 23.9. The van der Waals surface area contributed by atoms with Gasteiger partial charge in [-0.1, -0.05) is 34.6 Å². The summed E-state index contributed by atoms with van der Waals surface area (Å²) in [5, 5.41) is 0. The Kier molecular flexibility index (Phi) is 7.09. The maximum atomic E-state index is 12.1. The molecule has 0 saturated heterocycles. The van der Waals surface area contributed by atoms with Gasteiger partial charge in [0, 0.05) is 0 Å². The van der Waals surface area contributed by atoms with Crippen molar-refractivity contribution < 1.29 is 19.1 Å². The summed E-state index contributed by atoms with van der Waals surface area (Å²) in [6, 6.07) is 6.38. The zero-order valence-corrected chi connectivity index (χ0v) is 14.1. The molecule has 0 aliphatic carbocycles. The Labute approximate surface area is 132 Å². The van der Waals surface area contributed by atoms with Gasteiger partial charge >= 0.3 is 11.9 Å². The largest absolute Gasteiger partial charge is 0.462 e. The second kappa shape index (κ2) is 8.57. The fourth-order valence-corrected chi connectivity index (χ4v) is 1.96. The fourth-order valence-electron chi connectivity index (χ4n) is 1.96. The van der Waals surface area contributed by atoms with Gasteiger partial charge in [0.2, 0.25) is 0 Å². The van der Waals surface area contributed by atoms with Crippen molar-refractivity contribution in [1.29, 1.82) is 0 Å². The molecule has 0 bridgehead atoms. The van der Waals surface area contributed by atoms with Crippen LogP contribution in [-0.4, -0.2) is 24.6 Å². The number of carbonyl (C=O) groups is 2. The first-order valence-electron chi connectivity index (χ1n) is 7.83. The van der Waals surface area contributed by atoms with E-state index in [1.165, 1.54) is 0 Å². The number of hydrogen-bond acceptors (Lipinski definition) is 4. The van der Waals surface area contributed by atoms with Crippen molar-refractivity contribution in [2.45, 2.75) is 47.1 Å². The third-order valence-corrected chi connectivity index (χ3v) is 3.31. The third kappa shape index (κ3) is 5.51. The molecule has 1 rings (SSSR count). The smallest absolute Gasteiger partial charge is 0.338 e. The van der Waals surface area contributed by atoms with Crippen molar-refractivity contribution in [1.82, 2.24) is 0 Å². The summed E-state index contributed by atoms with van der Waals surface area (Å²) in [6.07, 6.45) is 0.686. The zero-order chi connectivity index (χ0) is 16.7. The molecule has 1 unspecified atom stereocenters. The Bertz CT molecular complexity index is 488. The molecule has 4 heteroatoms. The molecule has 0 aliphatic rings. The second-order valence-electron chi connectivity index (χ2n) is 6.17. The Morgan fingerprint density at radius 1 is 0.955 bits per heavy atom. The van der Waals surface area contributed by atoms with Crippen molar-refractivity contribution in [3.8, 4) is 0 Å². The molecule has 0 saturated carbocycles. The average molecular weight is 306 g/mol. The van der Waals surface area contributed by atoms with Crippen LogP contribution >= 0.6 is 0 Å². The Hall–Kier alpha value is -1.84. The maximum Gasteiger partial charge on any atom is 0.338 e. The SMILES string of the molecule is CCC(OC(=O)c1ccc(C(=O)OCC(C)C)cc1)C(C)C. The molecule has 22 heavy (non-hydrogen) atoms. The van der Waals surface area contributed by atoms with Crippen molar-refractivity contribution in [2.75, 3.05) is 6.61 Å². The lowest BCUT2D eigenvalue weighted by Crippen LogP contribution is -2.22. The molecule has 1 aromatic carbocycles. The number of benzene rings is 1. The highest BCUT2D eigenvalue weighted by atomic mass is 16.5. The first kappa shape index (κ1) is 18.2. The minimum atomic E-state index is -0.373. The highest BCUT2D eigenvalue weighted by Crippen LogP contribution is 2.14. The molecular formula is C18H26O4. The summed E-state index contributed by atoms with van der Waals surface area (Å²) in [5.41, 5.74) is 0.882. The van der Waals surface area contributed by atoms with Crippen LogP contribution in [0.4, 0.5) is 0 Å². The lowest BCUT2D eigenvalue weighted by molar-refractivity contribution is 0.0172. The molecule has 0 amide bonds. The first-order chi connectivity index (χ1) is 10.3. The zero-order valence-electron chi connectivity index (χ0n) is 14.1. The normalized spacial score (nSPS) is 12.3. The molecule has 1 aromatic rings. The van der Waals surface area contributed by atoms with Gasteiger partial charge in [0.25, 0.3) is 0 Å². The summed E-state index contributed by atoms with van der Waals surface area (Å²) >= 11 is 0. The fraction of sp³-hybridized carbons (Fsp3) is 0.556.